The Balaban J connectivity index is 1.33. The van der Waals surface area contributed by atoms with Crippen LogP contribution in [0.25, 0.3) is 0 Å². The van der Waals surface area contributed by atoms with E-state index in [4.69, 9.17) is 0 Å². The number of aryl methyl sites for hydroxylation is 1. The summed E-state index contributed by atoms with van der Waals surface area (Å²) in [6, 6.07) is 7.23. The van der Waals surface area contributed by atoms with Crippen LogP contribution in [0, 0.1) is 30.1 Å². The quantitative estimate of drug-likeness (QED) is 0.705. The predicted molar refractivity (Wildman–Crippen MR) is 116 cm³/mol. The number of benzene rings is 1. The average Bonchev–Trinajstić information content (AvgIpc) is 3.16. The van der Waals surface area contributed by atoms with Crippen LogP contribution in [0.4, 0.5) is 10.8 Å². The van der Waals surface area contributed by atoms with E-state index in [1.807, 2.05) is 19.1 Å². The highest BCUT2D eigenvalue weighted by Crippen LogP contribution is 2.60. The smallest absolute Gasteiger partial charge is 0.293 e. The largest absolute Gasteiger partial charge is 0.300 e. The molecule has 4 aliphatic carbocycles. The van der Waals surface area contributed by atoms with Crippen molar-refractivity contribution in [2.75, 3.05) is 16.7 Å². The van der Waals surface area contributed by atoms with Crippen LogP contribution in [-0.4, -0.2) is 31.6 Å². The van der Waals surface area contributed by atoms with Crippen molar-refractivity contribution in [1.29, 1.82) is 0 Å². The first-order valence-electron chi connectivity index (χ1n) is 10.5. The Morgan fingerprint density at radius 1 is 1.07 bits per heavy atom. The lowest BCUT2D eigenvalue weighted by atomic mass is 9.49. The van der Waals surface area contributed by atoms with Gasteiger partial charge in [0, 0.05) is 7.05 Å². The second kappa shape index (κ2) is 7.02. The Bertz CT molecular complexity index is 1040. The van der Waals surface area contributed by atoms with Gasteiger partial charge in [0.05, 0.1) is 11.1 Å². The minimum absolute atomic E-state index is 0.00594. The van der Waals surface area contributed by atoms with Gasteiger partial charge in [0.2, 0.25) is 11.0 Å². The minimum atomic E-state index is -3.84. The Kier molecular flexibility index (Phi) is 4.66. The fourth-order valence-corrected chi connectivity index (χ4v) is 8.24. The molecule has 30 heavy (non-hydrogen) atoms. The lowest BCUT2D eigenvalue weighted by molar-refractivity contribution is -0.140. The lowest BCUT2D eigenvalue weighted by Gasteiger charge is -2.55. The molecule has 1 N–H and O–H groups in total. The van der Waals surface area contributed by atoms with Gasteiger partial charge < -0.3 is 5.32 Å². The second-order valence-corrected chi connectivity index (χ2v) is 12.5. The zero-order chi connectivity index (χ0) is 21.1. The van der Waals surface area contributed by atoms with E-state index in [2.05, 4.69) is 15.5 Å². The molecule has 0 radical (unpaired) electrons. The van der Waals surface area contributed by atoms with Crippen molar-refractivity contribution in [3.8, 4) is 0 Å². The van der Waals surface area contributed by atoms with E-state index in [1.54, 1.807) is 12.1 Å². The first-order chi connectivity index (χ1) is 14.2. The fraction of sp³-hybridized carbons (Fsp3) is 0.571. The van der Waals surface area contributed by atoms with Crippen molar-refractivity contribution in [3.05, 3.63) is 29.8 Å². The highest BCUT2D eigenvalue weighted by Gasteiger charge is 2.54. The van der Waals surface area contributed by atoms with Gasteiger partial charge in [-0.05, 0) is 75.3 Å². The number of hydrogen-bond acceptors (Lipinski definition) is 6. The maximum absolute atomic E-state index is 13.2. The van der Waals surface area contributed by atoms with Crippen molar-refractivity contribution in [2.24, 2.45) is 23.2 Å². The third-order valence-electron chi connectivity index (χ3n) is 7.13. The van der Waals surface area contributed by atoms with Gasteiger partial charge in [-0.1, -0.05) is 29.0 Å². The predicted octanol–water partition coefficient (Wildman–Crippen LogP) is 3.83. The van der Waals surface area contributed by atoms with Crippen molar-refractivity contribution >= 4 is 38.1 Å². The molecule has 2 aromatic rings. The van der Waals surface area contributed by atoms with E-state index < -0.39 is 10.0 Å². The standard InChI is InChI=1S/C21H26N4O3S2/c1-13-3-5-17(6-4-13)25(2)30(27,28)20-24-23-19(29-20)22-18(26)21-10-14-7-15(11-21)9-16(8-14)12-21/h3-6,14-16H,7-12H2,1-2H3,(H,22,23,26). The number of rotatable bonds is 5. The van der Waals surface area contributed by atoms with Gasteiger partial charge in [0.1, 0.15) is 0 Å². The molecule has 9 heteroatoms. The van der Waals surface area contributed by atoms with Crippen LogP contribution < -0.4 is 9.62 Å². The topological polar surface area (TPSA) is 92.3 Å². The molecule has 4 fully saturated rings. The van der Waals surface area contributed by atoms with Gasteiger partial charge in [-0.3, -0.25) is 9.10 Å². The summed E-state index contributed by atoms with van der Waals surface area (Å²) in [6.07, 6.45) is 6.64. The molecule has 0 unspecified atom stereocenters. The zero-order valence-corrected chi connectivity index (χ0v) is 18.8. The summed E-state index contributed by atoms with van der Waals surface area (Å²) in [7, 11) is -2.34. The van der Waals surface area contributed by atoms with Gasteiger partial charge in [0.25, 0.3) is 14.4 Å². The molecule has 4 bridgehead atoms. The fourth-order valence-electron chi connectivity index (χ4n) is 5.99. The number of aromatic nitrogens is 2. The third kappa shape index (κ3) is 3.32. The van der Waals surface area contributed by atoms with E-state index in [0.29, 0.717) is 23.4 Å². The lowest BCUT2D eigenvalue weighted by Crippen LogP contribution is -2.51. The van der Waals surface area contributed by atoms with E-state index in [0.717, 1.165) is 36.2 Å². The number of nitrogens with one attached hydrogen (secondary N) is 1. The molecular formula is C21H26N4O3S2. The summed E-state index contributed by atoms with van der Waals surface area (Å²) in [5, 5.41) is 11.0. The molecule has 0 saturated heterocycles. The number of sulfonamides is 1. The molecule has 0 spiro atoms. The molecule has 1 amide bonds. The Morgan fingerprint density at radius 2 is 1.63 bits per heavy atom. The highest BCUT2D eigenvalue weighted by molar-refractivity contribution is 7.94. The van der Waals surface area contributed by atoms with E-state index in [1.165, 1.54) is 30.6 Å². The van der Waals surface area contributed by atoms with Gasteiger partial charge >= 0.3 is 0 Å². The number of hydrogen-bond donors (Lipinski definition) is 1. The summed E-state index contributed by atoms with van der Waals surface area (Å²) >= 11 is 0.915. The Morgan fingerprint density at radius 3 is 2.20 bits per heavy atom. The number of amides is 1. The molecule has 0 atom stereocenters. The van der Waals surface area contributed by atoms with Crippen molar-refractivity contribution in [2.45, 2.75) is 49.8 Å². The first kappa shape index (κ1) is 19.9. The summed E-state index contributed by atoms with van der Waals surface area (Å²) in [6.45, 7) is 1.95. The van der Waals surface area contributed by atoms with Crippen molar-refractivity contribution in [3.63, 3.8) is 0 Å². The summed E-state index contributed by atoms with van der Waals surface area (Å²) in [5.41, 5.74) is 1.29. The third-order valence-corrected chi connectivity index (χ3v) is 10.1. The van der Waals surface area contributed by atoms with Gasteiger partial charge in [-0.2, -0.15) is 8.42 Å². The van der Waals surface area contributed by atoms with Crippen molar-refractivity contribution in [1.82, 2.24) is 10.2 Å². The summed E-state index contributed by atoms with van der Waals surface area (Å²) < 4.78 is 27.0. The van der Waals surface area contributed by atoms with Crippen LogP contribution in [-0.2, 0) is 14.8 Å². The summed E-state index contributed by atoms with van der Waals surface area (Å²) in [4.78, 5) is 13.2. The van der Waals surface area contributed by atoms with Crippen LogP contribution in [0.5, 0.6) is 0 Å². The van der Waals surface area contributed by atoms with E-state index in [-0.39, 0.29) is 20.8 Å². The first-order valence-corrected chi connectivity index (χ1v) is 12.7. The van der Waals surface area contributed by atoms with Crippen LogP contribution in [0.3, 0.4) is 0 Å². The summed E-state index contributed by atoms with van der Waals surface area (Å²) in [5.74, 6) is 1.98. The molecule has 0 aliphatic heterocycles. The Hall–Kier alpha value is -2.00. The normalized spacial score (nSPS) is 29.7. The van der Waals surface area contributed by atoms with Crippen LogP contribution in [0.15, 0.2) is 28.6 Å². The maximum atomic E-state index is 13.2. The molecule has 160 valence electrons. The minimum Gasteiger partial charge on any atom is -0.300 e. The van der Waals surface area contributed by atoms with Gasteiger partial charge in [0.15, 0.2) is 0 Å². The van der Waals surface area contributed by atoms with Gasteiger partial charge in [-0.15, -0.1) is 10.2 Å². The molecule has 4 aliphatic rings. The molecule has 1 heterocycles. The monoisotopic (exact) mass is 446 g/mol. The SMILES string of the molecule is Cc1ccc(N(C)S(=O)(=O)c2nnc(NC(=O)C34CC5CC(CC(C5)C3)C4)s2)cc1. The molecule has 7 nitrogen and oxygen atoms in total. The molecule has 4 saturated carbocycles. The Labute approximate surface area is 180 Å². The number of carbonyl (C=O) groups excluding carboxylic acids is 1. The van der Waals surface area contributed by atoms with E-state index >= 15 is 0 Å². The number of anilines is 2. The zero-order valence-electron chi connectivity index (χ0n) is 17.2. The maximum Gasteiger partial charge on any atom is 0.293 e. The second-order valence-electron chi connectivity index (χ2n) is 9.33. The van der Waals surface area contributed by atoms with Crippen LogP contribution >= 0.6 is 11.3 Å². The molecule has 1 aromatic carbocycles. The molecular weight excluding hydrogens is 420 g/mol. The van der Waals surface area contributed by atoms with E-state index in [9.17, 15) is 13.2 Å². The van der Waals surface area contributed by atoms with Crippen molar-refractivity contribution < 1.29 is 13.2 Å². The number of nitrogens with zero attached hydrogens (tertiary/aromatic N) is 3. The average molecular weight is 447 g/mol. The van der Waals surface area contributed by atoms with Gasteiger partial charge in [-0.25, -0.2) is 0 Å². The van der Waals surface area contributed by atoms with Crippen LogP contribution in [0.2, 0.25) is 0 Å². The molecule has 6 rings (SSSR count). The molecule has 1 aromatic heterocycles. The number of carbonyl (C=O) groups is 1. The van der Waals surface area contributed by atoms with Crippen LogP contribution in [0.1, 0.15) is 44.1 Å². The highest BCUT2D eigenvalue weighted by atomic mass is 32.2.